The molecule has 27 heavy (non-hydrogen) atoms. The molecule has 2 aromatic heterocycles. The summed E-state index contributed by atoms with van der Waals surface area (Å²) in [5.74, 6) is 0.569. The molecular formula is C21H21N3O3. The zero-order valence-corrected chi connectivity index (χ0v) is 15.1. The number of ether oxygens (including phenoxy) is 1. The lowest BCUT2D eigenvalue weighted by atomic mass is 9.97. The van der Waals surface area contributed by atoms with Gasteiger partial charge in [0.05, 0.1) is 18.5 Å². The van der Waals surface area contributed by atoms with Gasteiger partial charge in [0.25, 0.3) is 0 Å². The van der Waals surface area contributed by atoms with Crippen LogP contribution in [0.2, 0.25) is 0 Å². The molecule has 3 aromatic rings. The number of carboxylic acids is 1. The van der Waals surface area contributed by atoms with Crippen molar-refractivity contribution in [2.75, 3.05) is 25.1 Å². The van der Waals surface area contributed by atoms with Gasteiger partial charge in [0.1, 0.15) is 5.82 Å². The topological polar surface area (TPSA) is 75.6 Å². The van der Waals surface area contributed by atoms with Crippen LogP contribution < -0.4 is 9.64 Å². The largest absolute Gasteiger partial charge is 0.481 e. The Bertz CT molecular complexity index is 981. The van der Waals surface area contributed by atoms with Crippen molar-refractivity contribution in [2.24, 2.45) is 5.92 Å². The first-order valence-corrected chi connectivity index (χ1v) is 9.03. The molecule has 0 aliphatic carbocycles. The molecule has 0 bridgehead atoms. The van der Waals surface area contributed by atoms with Gasteiger partial charge in [-0.2, -0.15) is 0 Å². The van der Waals surface area contributed by atoms with Crippen molar-refractivity contribution >= 4 is 22.7 Å². The summed E-state index contributed by atoms with van der Waals surface area (Å²) in [4.78, 5) is 22.3. The number of pyridine rings is 2. The zero-order valence-electron chi connectivity index (χ0n) is 15.1. The van der Waals surface area contributed by atoms with E-state index in [0.717, 1.165) is 40.9 Å². The van der Waals surface area contributed by atoms with E-state index in [1.807, 2.05) is 30.3 Å². The van der Waals surface area contributed by atoms with E-state index in [-0.39, 0.29) is 5.92 Å². The Morgan fingerprint density at radius 1 is 1.19 bits per heavy atom. The number of anilines is 1. The molecule has 1 fully saturated rings. The molecule has 6 heteroatoms. The van der Waals surface area contributed by atoms with Crippen LogP contribution >= 0.6 is 0 Å². The molecule has 1 N–H and O–H groups in total. The highest BCUT2D eigenvalue weighted by Crippen LogP contribution is 2.31. The molecule has 0 spiro atoms. The second-order valence-corrected chi connectivity index (χ2v) is 6.74. The van der Waals surface area contributed by atoms with Crippen LogP contribution in [0, 0.1) is 5.92 Å². The van der Waals surface area contributed by atoms with Gasteiger partial charge in [0, 0.05) is 30.2 Å². The van der Waals surface area contributed by atoms with Gasteiger partial charge >= 0.3 is 5.97 Å². The van der Waals surface area contributed by atoms with Crippen molar-refractivity contribution in [1.29, 1.82) is 0 Å². The van der Waals surface area contributed by atoms with Crippen molar-refractivity contribution in [3.05, 3.63) is 48.7 Å². The van der Waals surface area contributed by atoms with Gasteiger partial charge in [0.15, 0.2) is 0 Å². The fraction of sp³-hybridized carbons (Fsp3) is 0.286. The minimum atomic E-state index is -0.695. The average molecular weight is 363 g/mol. The van der Waals surface area contributed by atoms with Crippen LogP contribution in [0.1, 0.15) is 12.8 Å². The first-order valence-electron chi connectivity index (χ1n) is 9.03. The lowest BCUT2D eigenvalue weighted by Crippen LogP contribution is -2.36. The summed E-state index contributed by atoms with van der Waals surface area (Å²) in [6, 6.07) is 14.1. The third kappa shape index (κ3) is 3.43. The van der Waals surface area contributed by atoms with E-state index in [0.29, 0.717) is 18.7 Å². The quantitative estimate of drug-likeness (QED) is 0.763. The Balaban J connectivity index is 1.60. The third-order valence-electron chi connectivity index (χ3n) is 5.12. The van der Waals surface area contributed by atoms with Gasteiger partial charge in [0.2, 0.25) is 5.88 Å². The highest BCUT2D eigenvalue weighted by atomic mass is 16.5. The van der Waals surface area contributed by atoms with Crippen molar-refractivity contribution in [3.8, 4) is 17.0 Å². The number of nitrogens with zero attached hydrogens (tertiary/aromatic N) is 3. The maximum atomic E-state index is 11.1. The maximum Gasteiger partial charge on any atom is 0.306 e. The Labute approximate surface area is 157 Å². The summed E-state index contributed by atoms with van der Waals surface area (Å²) < 4.78 is 5.36. The molecule has 0 radical (unpaired) electrons. The predicted molar refractivity (Wildman–Crippen MR) is 104 cm³/mol. The smallest absolute Gasteiger partial charge is 0.306 e. The number of fused-ring (bicyclic) bond motifs is 1. The zero-order chi connectivity index (χ0) is 18.8. The van der Waals surface area contributed by atoms with Crippen LogP contribution in [0.15, 0.2) is 48.7 Å². The fourth-order valence-corrected chi connectivity index (χ4v) is 3.59. The molecular weight excluding hydrogens is 342 g/mol. The lowest BCUT2D eigenvalue weighted by molar-refractivity contribution is -0.142. The summed E-state index contributed by atoms with van der Waals surface area (Å²) >= 11 is 0. The van der Waals surface area contributed by atoms with Crippen LogP contribution in [-0.4, -0.2) is 41.2 Å². The molecule has 1 aliphatic heterocycles. The van der Waals surface area contributed by atoms with Crippen LogP contribution in [0.5, 0.6) is 5.88 Å². The molecule has 1 aromatic carbocycles. The minimum absolute atomic E-state index is 0.237. The number of carboxylic acid groups (broad SMARTS) is 1. The Morgan fingerprint density at radius 2 is 2.00 bits per heavy atom. The second-order valence-electron chi connectivity index (χ2n) is 6.74. The van der Waals surface area contributed by atoms with Gasteiger partial charge in [-0.3, -0.25) is 4.79 Å². The van der Waals surface area contributed by atoms with Crippen molar-refractivity contribution in [3.63, 3.8) is 0 Å². The molecule has 4 rings (SSSR count). The number of piperidine rings is 1. The van der Waals surface area contributed by atoms with Crippen LogP contribution in [0.4, 0.5) is 5.82 Å². The van der Waals surface area contributed by atoms with Crippen molar-refractivity contribution in [2.45, 2.75) is 12.8 Å². The van der Waals surface area contributed by atoms with E-state index in [1.54, 1.807) is 13.3 Å². The number of hydrogen-bond acceptors (Lipinski definition) is 5. The highest BCUT2D eigenvalue weighted by Gasteiger charge is 2.25. The molecule has 0 unspecified atom stereocenters. The molecule has 138 valence electrons. The summed E-state index contributed by atoms with van der Waals surface area (Å²) in [7, 11) is 1.62. The van der Waals surface area contributed by atoms with Gasteiger partial charge in [-0.1, -0.05) is 6.07 Å². The predicted octanol–water partition coefficient (Wildman–Crippen LogP) is 3.61. The highest BCUT2D eigenvalue weighted by molar-refractivity contribution is 5.86. The van der Waals surface area contributed by atoms with Crippen LogP contribution in [-0.2, 0) is 4.79 Å². The number of methoxy groups -OCH3 is 1. The number of hydrogen-bond donors (Lipinski definition) is 1. The first kappa shape index (κ1) is 17.3. The van der Waals surface area contributed by atoms with Gasteiger partial charge < -0.3 is 14.7 Å². The number of benzene rings is 1. The number of rotatable bonds is 4. The summed E-state index contributed by atoms with van der Waals surface area (Å²) in [5, 5.41) is 10.2. The Morgan fingerprint density at radius 3 is 2.74 bits per heavy atom. The van der Waals surface area contributed by atoms with E-state index in [1.165, 1.54) is 0 Å². The van der Waals surface area contributed by atoms with Gasteiger partial charge in [-0.05, 0) is 54.8 Å². The molecule has 1 saturated heterocycles. The maximum absolute atomic E-state index is 11.1. The van der Waals surface area contributed by atoms with E-state index in [2.05, 4.69) is 22.0 Å². The lowest BCUT2D eigenvalue weighted by Gasteiger charge is -2.31. The normalized spacial score (nSPS) is 15.1. The van der Waals surface area contributed by atoms with Gasteiger partial charge in [-0.15, -0.1) is 0 Å². The van der Waals surface area contributed by atoms with E-state index >= 15 is 0 Å². The Hall–Kier alpha value is -3.15. The van der Waals surface area contributed by atoms with Crippen molar-refractivity contribution in [1.82, 2.24) is 9.97 Å². The SMILES string of the molecule is COc1ncccc1-c1ccc2nc(N3CCC(C(=O)O)CC3)ccc2c1. The number of carbonyl (C=O) groups is 1. The summed E-state index contributed by atoms with van der Waals surface area (Å²) in [6.07, 6.45) is 3.04. The summed E-state index contributed by atoms with van der Waals surface area (Å²) in [5.41, 5.74) is 2.89. The van der Waals surface area contributed by atoms with E-state index in [4.69, 9.17) is 14.8 Å². The standard InChI is InChI=1S/C21H21N3O3/c1-27-20-17(3-2-10-22-20)15-4-6-18-16(13-15)5-7-19(23-18)24-11-8-14(9-12-24)21(25)26/h2-7,10,13-14H,8-9,11-12H2,1H3,(H,25,26). The first-order chi connectivity index (χ1) is 13.2. The minimum Gasteiger partial charge on any atom is -0.481 e. The number of aromatic nitrogens is 2. The molecule has 3 heterocycles. The van der Waals surface area contributed by atoms with Gasteiger partial charge in [-0.25, -0.2) is 9.97 Å². The van der Waals surface area contributed by atoms with E-state index < -0.39 is 5.97 Å². The molecule has 6 nitrogen and oxygen atoms in total. The molecule has 1 aliphatic rings. The fourth-order valence-electron chi connectivity index (χ4n) is 3.59. The van der Waals surface area contributed by atoms with Crippen LogP contribution in [0.3, 0.4) is 0 Å². The third-order valence-corrected chi connectivity index (χ3v) is 5.12. The van der Waals surface area contributed by atoms with Crippen molar-refractivity contribution < 1.29 is 14.6 Å². The molecule has 0 saturated carbocycles. The monoisotopic (exact) mass is 363 g/mol. The average Bonchev–Trinajstić information content (AvgIpc) is 2.73. The number of aliphatic carboxylic acids is 1. The van der Waals surface area contributed by atoms with Crippen LogP contribution in [0.25, 0.3) is 22.0 Å². The van der Waals surface area contributed by atoms with E-state index in [9.17, 15) is 4.79 Å². The summed E-state index contributed by atoms with van der Waals surface area (Å²) in [6.45, 7) is 1.45. The molecule has 0 amide bonds. The molecule has 0 atom stereocenters. The second kappa shape index (κ2) is 7.23. The Kier molecular flexibility index (Phi) is 4.62.